The lowest BCUT2D eigenvalue weighted by molar-refractivity contribution is -0.835. The number of amidine groups is 1. The summed E-state index contributed by atoms with van der Waals surface area (Å²) in [5.74, 6) is 1.36. The van der Waals surface area contributed by atoms with Crippen molar-refractivity contribution in [3.05, 3.63) is 0 Å². The first-order valence-electron chi connectivity index (χ1n) is 10.3. The molecule has 0 bridgehead atoms. The molecule has 1 heterocycles. The highest BCUT2D eigenvalue weighted by atomic mass is 16.3. The number of aliphatic hydroxyl groups excluding tert-OH is 1. The highest BCUT2D eigenvalue weighted by molar-refractivity contribution is 5.76. The van der Waals surface area contributed by atoms with Gasteiger partial charge < -0.3 is 5.11 Å². The molecule has 0 amide bonds. The number of quaternary nitrogens is 1. The van der Waals surface area contributed by atoms with Crippen molar-refractivity contribution in [1.82, 2.24) is 0 Å². The molecule has 0 aliphatic carbocycles. The summed E-state index contributed by atoms with van der Waals surface area (Å²) in [6, 6.07) is 0. The lowest BCUT2D eigenvalue weighted by Gasteiger charge is -2.33. The number of unbranched alkanes of at least 4 members (excludes halogenated alkanes) is 10. The quantitative estimate of drug-likeness (QED) is 0.336. The fourth-order valence-electron chi connectivity index (χ4n) is 3.84. The van der Waals surface area contributed by atoms with Crippen molar-refractivity contribution in [2.45, 2.75) is 90.9 Å². The summed E-state index contributed by atoms with van der Waals surface area (Å²) in [7, 11) is 0. The maximum absolute atomic E-state index is 9.33. The summed E-state index contributed by atoms with van der Waals surface area (Å²) in [6.07, 6.45) is 16.5. The fraction of sp³-hybridized carbons (Fsp3) is 0.950. The Hall–Kier alpha value is -0.410. The number of aliphatic hydroxyl groups is 1. The lowest BCUT2D eigenvalue weighted by atomic mass is 10.0. The Labute approximate surface area is 144 Å². The van der Waals surface area contributed by atoms with E-state index in [4.69, 9.17) is 4.99 Å². The van der Waals surface area contributed by atoms with Crippen LogP contribution in [0.25, 0.3) is 0 Å². The Morgan fingerprint density at radius 3 is 1.96 bits per heavy atom. The molecule has 1 unspecified atom stereocenters. The number of aliphatic imine (C=N–C) groups is 1. The van der Waals surface area contributed by atoms with E-state index >= 15 is 0 Å². The summed E-state index contributed by atoms with van der Waals surface area (Å²) < 4.78 is 0.953. The first-order chi connectivity index (χ1) is 11.3. The zero-order chi connectivity index (χ0) is 16.8. The van der Waals surface area contributed by atoms with E-state index in [1.54, 1.807) is 0 Å². The van der Waals surface area contributed by atoms with Gasteiger partial charge in [-0.2, -0.15) is 0 Å². The molecule has 3 heteroatoms. The largest absolute Gasteiger partial charge is 0.390 e. The van der Waals surface area contributed by atoms with Crippen LogP contribution in [0.15, 0.2) is 4.99 Å². The van der Waals surface area contributed by atoms with Gasteiger partial charge in [-0.25, -0.2) is 4.99 Å². The van der Waals surface area contributed by atoms with E-state index in [1.165, 1.54) is 76.5 Å². The van der Waals surface area contributed by atoms with Crippen molar-refractivity contribution >= 4 is 5.84 Å². The minimum Gasteiger partial charge on any atom is -0.390 e. The lowest BCUT2D eigenvalue weighted by Crippen LogP contribution is -2.52. The molecular weight excluding hydrogens is 284 g/mol. The van der Waals surface area contributed by atoms with Gasteiger partial charge in [0.2, 0.25) is 0 Å². The summed E-state index contributed by atoms with van der Waals surface area (Å²) >= 11 is 0. The molecule has 0 saturated heterocycles. The number of nitrogens with zero attached hydrogens (tertiary/aromatic N) is 2. The highest BCUT2D eigenvalue weighted by Crippen LogP contribution is 2.20. The normalized spacial score (nSPS) is 20.9. The van der Waals surface area contributed by atoms with Crippen LogP contribution in [-0.4, -0.2) is 48.2 Å². The van der Waals surface area contributed by atoms with Gasteiger partial charge in [-0.3, -0.25) is 4.48 Å². The fourth-order valence-corrected chi connectivity index (χ4v) is 3.84. The average Bonchev–Trinajstić information content (AvgIpc) is 2.96. The molecule has 3 nitrogen and oxygen atoms in total. The molecule has 0 aromatic rings. The van der Waals surface area contributed by atoms with Crippen LogP contribution in [0.4, 0.5) is 0 Å². The summed E-state index contributed by atoms with van der Waals surface area (Å²) in [5.41, 5.74) is 0. The zero-order valence-corrected chi connectivity index (χ0v) is 15.9. The molecule has 0 fully saturated rings. The third-order valence-electron chi connectivity index (χ3n) is 5.51. The van der Waals surface area contributed by atoms with Crippen molar-refractivity contribution < 1.29 is 9.59 Å². The summed E-state index contributed by atoms with van der Waals surface area (Å²) in [5, 5.41) is 9.33. The second kappa shape index (κ2) is 12.9. The molecule has 0 saturated carbocycles. The minimum atomic E-state index is 0.283. The Morgan fingerprint density at radius 1 is 0.870 bits per heavy atom. The van der Waals surface area contributed by atoms with Gasteiger partial charge in [-0.1, -0.05) is 71.1 Å². The van der Waals surface area contributed by atoms with E-state index in [0.717, 1.165) is 37.1 Å². The molecule has 1 N–H and O–H groups in total. The second-order valence-electron chi connectivity index (χ2n) is 7.22. The number of likely N-dealkylation sites (N-methyl/N-ethyl adjacent to an activating group) is 1. The van der Waals surface area contributed by atoms with E-state index < -0.39 is 0 Å². The maximum Gasteiger partial charge on any atom is 0.198 e. The van der Waals surface area contributed by atoms with Crippen LogP contribution in [0.2, 0.25) is 0 Å². The standard InChI is InChI=1S/C20H41N2O/c1-3-5-6-7-8-9-10-11-12-13-14-15-20-21-16-17-22(20,4-2)18-19-23/h23H,3-19H2,1-2H3/q+1. The van der Waals surface area contributed by atoms with Crippen molar-refractivity contribution in [2.24, 2.45) is 4.99 Å². The summed E-state index contributed by atoms with van der Waals surface area (Å²) in [6.45, 7) is 8.79. The van der Waals surface area contributed by atoms with Gasteiger partial charge in [0.1, 0.15) is 13.1 Å². The number of rotatable bonds is 15. The Morgan fingerprint density at radius 2 is 1.43 bits per heavy atom. The van der Waals surface area contributed by atoms with Crippen LogP contribution < -0.4 is 0 Å². The van der Waals surface area contributed by atoms with Gasteiger partial charge in [-0.05, 0) is 13.3 Å². The monoisotopic (exact) mass is 325 g/mol. The molecule has 0 radical (unpaired) electrons. The van der Waals surface area contributed by atoms with Gasteiger partial charge in [0.05, 0.1) is 19.7 Å². The summed E-state index contributed by atoms with van der Waals surface area (Å²) in [4.78, 5) is 4.74. The molecule has 1 aliphatic rings. The smallest absolute Gasteiger partial charge is 0.198 e. The molecule has 23 heavy (non-hydrogen) atoms. The third-order valence-corrected chi connectivity index (χ3v) is 5.51. The molecule has 0 aromatic heterocycles. The van der Waals surface area contributed by atoms with Crippen LogP contribution in [-0.2, 0) is 0 Å². The predicted molar refractivity (Wildman–Crippen MR) is 101 cm³/mol. The first-order valence-corrected chi connectivity index (χ1v) is 10.3. The highest BCUT2D eigenvalue weighted by Gasteiger charge is 2.35. The van der Waals surface area contributed by atoms with Gasteiger partial charge in [0.25, 0.3) is 0 Å². The SMILES string of the molecule is CCCCCCCCCCCCCC1=NCC[N+]1(CC)CCO. The van der Waals surface area contributed by atoms with Gasteiger partial charge in [0, 0.05) is 6.42 Å². The van der Waals surface area contributed by atoms with E-state index in [2.05, 4.69) is 13.8 Å². The van der Waals surface area contributed by atoms with Crippen molar-refractivity contribution in [2.75, 3.05) is 32.8 Å². The molecule has 0 spiro atoms. The van der Waals surface area contributed by atoms with E-state index in [1.807, 2.05) is 0 Å². The van der Waals surface area contributed by atoms with Crippen LogP contribution in [0.3, 0.4) is 0 Å². The molecule has 0 aromatic carbocycles. The van der Waals surface area contributed by atoms with Crippen molar-refractivity contribution in [3.63, 3.8) is 0 Å². The van der Waals surface area contributed by atoms with Crippen molar-refractivity contribution in [1.29, 1.82) is 0 Å². The van der Waals surface area contributed by atoms with Crippen LogP contribution >= 0.6 is 0 Å². The predicted octanol–water partition coefficient (Wildman–Crippen LogP) is 4.93. The topological polar surface area (TPSA) is 32.6 Å². The number of hydrogen-bond donors (Lipinski definition) is 1. The zero-order valence-electron chi connectivity index (χ0n) is 15.9. The van der Waals surface area contributed by atoms with E-state index in [0.29, 0.717) is 0 Å². The second-order valence-corrected chi connectivity index (χ2v) is 7.22. The van der Waals surface area contributed by atoms with Crippen LogP contribution in [0.5, 0.6) is 0 Å². The molecular formula is C20H41N2O+. The molecule has 136 valence electrons. The number of hydrogen-bond acceptors (Lipinski definition) is 2. The van der Waals surface area contributed by atoms with Crippen LogP contribution in [0, 0.1) is 0 Å². The minimum absolute atomic E-state index is 0.283. The Balaban J connectivity index is 2.00. The Kier molecular flexibility index (Phi) is 11.6. The third kappa shape index (κ3) is 7.80. The molecule has 1 rings (SSSR count). The van der Waals surface area contributed by atoms with Crippen LogP contribution in [0.1, 0.15) is 90.9 Å². The average molecular weight is 326 g/mol. The maximum atomic E-state index is 9.33. The Bertz CT molecular complexity index is 317. The van der Waals surface area contributed by atoms with Gasteiger partial charge in [0.15, 0.2) is 5.84 Å². The first kappa shape index (κ1) is 20.6. The molecule has 1 atom stereocenters. The van der Waals surface area contributed by atoms with Crippen molar-refractivity contribution in [3.8, 4) is 0 Å². The van der Waals surface area contributed by atoms with Gasteiger partial charge >= 0.3 is 0 Å². The van der Waals surface area contributed by atoms with E-state index in [9.17, 15) is 5.11 Å². The molecule has 1 aliphatic heterocycles. The van der Waals surface area contributed by atoms with E-state index in [-0.39, 0.29) is 6.61 Å². The van der Waals surface area contributed by atoms with Gasteiger partial charge in [-0.15, -0.1) is 0 Å².